The lowest BCUT2D eigenvalue weighted by Gasteiger charge is -2.36. The maximum atomic E-state index is 14.6. The van der Waals surface area contributed by atoms with Crippen LogP contribution < -0.4 is 0 Å². The standard InChI is InChI=1S/C20H19FN2O2S/c1-15-8-10-16(11-9-15)26(24,25)23-14-13-22-12-4-7-19(22)20(23)17-5-2-3-6-18(17)21/h2-12,20H,13-14H2,1H3. The van der Waals surface area contributed by atoms with Crippen molar-refractivity contribution in [3.05, 3.63) is 89.5 Å². The van der Waals surface area contributed by atoms with E-state index < -0.39 is 21.9 Å². The third-order valence-electron chi connectivity index (χ3n) is 4.82. The Labute approximate surface area is 152 Å². The first-order valence-electron chi connectivity index (χ1n) is 8.46. The number of sulfonamides is 1. The van der Waals surface area contributed by atoms with E-state index >= 15 is 0 Å². The molecule has 0 N–H and O–H groups in total. The summed E-state index contributed by atoms with van der Waals surface area (Å²) in [6, 6.07) is 16.2. The summed E-state index contributed by atoms with van der Waals surface area (Å²) >= 11 is 0. The molecular formula is C20H19FN2O2S. The number of halogens is 1. The van der Waals surface area contributed by atoms with Crippen molar-refractivity contribution >= 4 is 10.0 Å². The molecule has 4 nitrogen and oxygen atoms in total. The van der Waals surface area contributed by atoms with E-state index in [9.17, 15) is 12.8 Å². The molecule has 0 amide bonds. The average Bonchev–Trinajstić information content (AvgIpc) is 3.10. The number of aryl methyl sites for hydroxylation is 1. The Morgan fingerprint density at radius 2 is 1.69 bits per heavy atom. The summed E-state index contributed by atoms with van der Waals surface area (Å²) in [6.45, 7) is 2.74. The quantitative estimate of drug-likeness (QED) is 0.705. The van der Waals surface area contributed by atoms with Gasteiger partial charge in [0.25, 0.3) is 0 Å². The minimum Gasteiger partial charge on any atom is -0.348 e. The lowest BCUT2D eigenvalue weighted by atomic mass is 10.0. The minimum absolute atomic E-state index is 0.226. The first kappa shape index (κ1) is 17.0. The molecule has 1 aliphatic heterocycles. The highest BCUT2D eigenvalue weighted by molar-refractivity contribution is 7.89. The van der Waals surface area contributed by atoms with Gasteiger partial charge in [0.2, 0.25) is 10.0 Å². The molecular weight excluding hydrogens is 351 g/mol. The van der Waals surface area contributed by atoms with Crippen molar-refractivity contribution in [2.45, 2.75) is 24.4 Å². The highest BCUT2D eigenvalue weighted by Gasteiger charge is 2.38. The van der Waals surface area contributed by atoms with Crippen molar-refractivity contribution in [2.24, 2.45) is 0 Å². The zero-order valence-corrected chi connectivity index (χ0v) is 15.2. The van der Waals surface area contributed by atoms with E-state index in [1.54, 1.807) is 42.5 Å². The molecule has 1 unspecified atom stereocenters. The third kappa shape index (κ3) is 2.75. The lowest BCUT2D eigenvalue weighted by molar-refractivity contribution is 0.293. The van der Waals surface area contributed by atoms with E-state index in [1.807, 2.05) is 29.8 Å². The fourth-order valence-corrected chi connectivity index (χ4v) is 5.05. The van der Waals surface area contributed by atoms with E-state index in [2.05, 4.69) is 0 Å². The van der Waals surface area contributed by atoms with Crippen LogP contribution in [0.4, 0.5) is 4.39 Å². The molecule has 2 heterocycles. The normalized spacial score (nSPS) is 17.8. The number of nitrogens with zero attached hydrogens (tertiary/aromatic N) is 2. The Morgan fingerprint density at radius 1 is 0.962 bits per heavy atom. The average molecular weight is 370 g/mol. The zero-order chi connectivity index (χ0) is 18.3. The summed E-state index contributed by atoms with van der Waals surface area (Å²) in [5.41, 5.74) is 2.13. The molecule has 0 saturated heterocycles. The fourth-order valence-electron chi connectivity index (χ4n) is 3.48. The summed E-state index contributed by atoms with van der Waals surface area (Å²) < 4.78 is 44.6. The van der Waals surface area contributed by atoms with Crippen LogP contribution in [0.15, 0.2) is 71.8 Å². The predicted octanol–water partition coefficient (Wildman–Crippen LogP) is 3.73. The van der Waals surface area contributed by atoms with Gasteiger partial charge in [0.15, 0.2) is 0 Å². The molecule has 134 valence electrons. The molecule has 26 heavy (non-hydrogen) atoms. The van der Waals surface area contributed by atoms with Crippen LogP contribution in [0, 0.1) is 12.7 Å². The van der Waals surface area contributed by atoms with Gasteiger partial charge in [0.1, 0.15) is 5.82 Å². The third-order valence-corrected chi connectivity index (χ3v) is 6.70. The Hall–Kier alpha value is -2.44. The topological polar surface area (TPSA) is 42.3 Å². The molecule has 2 aromatic carbocycles. The summed E-state index contributed by atoms with van der Waals surface area (Å²) in [7, 11) is -3.76. The van der Waals surface area contributed by atoms with Gasteiger partial charge in [-0.05, 0) is 37.3 Å². The van der Waals surface area contributed by atoms with Crippen molar-refractivity contribution in [1.82, 2.24) is 8.87 Å². The van der Waals surface area contributed by atoms with Gasteiger partial charge in [-0.25, -0.2) is 12.8 Å². The predicted molar refractivity (Wildman–Crippen MR) is 97.7 cm³/mol. The lowest BCUT2D eigenvalue weighted by Crippen LogP contribution is -2.42. The van der Waals surface area contributed by atoms with Crippen LogP contribution in [0.25, 0.3) is 0 Å². The molecule has 0 radical (unpaired) electrons. The Kier molecular flexibility index (Phi) is 4.17. The Bertz CT molecular complexity index is 1040. The highest BCUT2D eigenvalue weighted by Crippen LogP contribution is 2.37. The largest absolute Gasteiger partial charge is 0.348 e. The van der Waals surface area contributed by atoms with Gasteiger partial charge in [-0.2, -0.15) is 4.31 Å². The number of aromatic nitrogens is 1. The van der Waals surface area contributed by atoms with Crippen LogP contribution in [0.1, 0.15) is 22.9 Å². The molecule has 4 rings (SSSR count). The van der Waals surface area contributed by atoms with Crippen LogP contribution in [0.5, 0.6) is 0 Å². The van der Waals surface area contributed by atoms with Gasteiger partial charge in [0, 0.05) is 30.5 Å². The molecule has 1 aromatic heterocycles. The van der Waals surface area contributed by atoms with Crippen molar-refractivity contribution in [2.75, 3.05) is 6.54 Å². The van der Waals surface area contributed by atoms with Gasteiger partial charge in [0.05, 0.1) is 10.9 Å². The molecule has 0 fully saturated rings. The maximum Gasteiger partial charge on any atom is 0.244 e. The molecule has 3 aromatic rings. The SMILES string of the molecule is Cc1ccc(S(=O)(=O)N2CCn3cccc3C2c2ccccc2F)cc1. The van der Waals surface area contributed by atoms with Gasteiger partial charge < -0.3 is 4.57 Å². The summed E-state index contributed by atoms with van der Waals surface area (Å²) in [5, 5.41) is 0. The second-order valence-corrected chi connectivity index (χ2v) is 8.37. The Morgan fingerprint density at radius 3 is 2.42 bits per heavy atom. The zero-order valence-electron chi connectivity index (χ0n) is 14.3. The fraction of sp³-hybridized carbons (Fsp3) is 0.200. The van der Waals surface area contributed by atoms with E-state index in [0.717, 1.165) is 11.3 Å². The first-order chi connectivity index (χ1) is 12.5. The minimum atomic E-state index is -3.76. The first-order valence-corrected chi connectivity index (χ1v) is 9.90. The number of benzene rings is 2. The van der Waals surface area contributed by atoms with Crippen molar-refractivity contribution in [1.29, 1.82) is 0 Å². The summed E-state index contributed by atoms with van der Waals surface area (Å²) in [5.74, 6) is -0.406. The Balaban J connectivity index is 1.87. The molecule has 1 atom stereocenters. The van der Waals surface area contributed by atoms with Crippen LogP contribution in [-0.2, 0) is 16.6 Å². The number of rotatable bonds is 3. The molecule has 0 aliphatic carbocycles. The summed E-state index contributed by atoms with van der Waals surface area (Å²) in [4.78, 5) is 0.226. The van der Waals surface area contributed by atoms with Crippen LogP contribution >= 0.6 is 0 Å². The smallest absolute Gasteiger partial charge is 0.244 e. The molecule has 0 bridgehead atoms. The van der Waals surface area contributed by atoms with Crippen LogP contribution in [-0.4, -0.2) is 23.8 Å². The van der Waals surface area contributed by atoms with E-state index in [1.165, 1.54) is 10.4 Å². The van der Waals surface area contributed by atoms with Crippen molar-refractivity contribution in [3.8, 4) is 0 Å². The van der Waals surface area contributed by atoms with Gasteiger partial charge >= 0.3 is 0 Å². The van der Waals surface area contributed by atoms with Crippen molar-refractivity contribution in [3.63, 3.8) is 0 Å². The van der Waals surface area contributed by atoms with Crippen LogP contribution in [0.2, 0.25) is 0 Å². The van der Waals surface area contributed by atoms with Gasteiger partial charge in [-0.1, -0.05) is 35.9 Å². The van der Waals surface area contributed by atoms with Gasteiger partial charge in [-0.15, -0.1) is 0 Å². The summed E-state index contributed by atoms with van der Waals surface area (Å²) in [6.07, 6.45) is 1.90. The second kappa shape index (κ2) is 6.37. The number of hydrogen-bond acceptors (Lipinski definition) is 2. The molecule has 6 heteroatoms. The van der Waals surface area contributed by atoms with E-state index in [0.29, 0.717) is 12.1 Å². The molecule has 0 spiro atoms. The van der Waals surface area contributed by atoms with Crippen molar-refractivity contribution < 1.29 is 12.8 Å². The number of hydrogen-bond donors (Lipinski definition) is 0. The van der Waals surface area contributed by atoms with Crippen LogP contribution in [0.3, 0.4) is 0 Å². The maximum absolute atomic E-state index is 14.6. The molecule has 1 aliphatic rings. The second-order valence-electron chi connectivity index (χ2n) is 6.48. The van der Waals surface area contributed by atoms with E-state index in [-0.39, 0.29) is 11.4 Å². The monoisotopic (exact) mass is 370 g/mol. The van der Waals surface area contributed by atoms with E-state index in [4.69, 9.17) is 0 Å². The highest BCUT2D eigenvalue weighted by atomic mass is 32.2. The van der Waals surface area contributed by atoms with Gasteiger partial charge in [-0.3, -0.25) is 0 Å². The number of fused-ring (bicyclic) bond motifs is 1. The molecule has 0 saturated carbocycles.